The third-order valence-electron chi connectivity index (χ3n) is 3.20. The summed E-state index contributed by atoms with van der Waals surface area (Å²) in [6.45, 7) is 11.0. The van der Waals surface area contributed by atoms with Crippen LogP contribution in [0.2, 0.25) is 0 Å². The first-order valence-electron chi connectivity index (χ1n) is 7.21. The number of carbonyl (C=O) groups is 2. The minimum atomic E-state index is -0.572. The lowest BCUT2D eigenvalue weighted by molar-refractivity contribution is -0.144. The summed E-state index contributed by atoms with van der Waals surface area (Å²) in [5, 5.41) is 0. The zero-order chi connectivity index (χ0) is 17.1. The summed E-state index contributed by atoms with van der Waals surface area (Å²) in [6, 6.07) is 4.97. The average Bonchev–Trinajstić information content (AvgIpc) is 2.38. The van der Waals surface area contributed by atoms with Crippen molar-refractivity contribution >= 4 is 34.5 Å². The van der Waals surface area contributed by atoms with Crippen LogP contribution in [0, 0.1) is 8.99 Å². The molecule has 1 aromatic carbocycles. The van der Waals surface area contributed by atoms with Crippen LogP contribution >= 0.6 is 22.6 Å². The first kappa shape index (κ1) is 18.9. The van der Waals surface area contributed by atoms with Gasteiger partial charge >= 0.3 is 11.9 Å². The maximum absolute atomic E-state index is 12.2. The fraction of sp³-hybridized carbons (Fsp3) is 0.529. The molecule has 0 saturated carbocycles. The Morgan fingerprint density at radius 3 is 2.23 bits per heavy atom. The molecule has 0 heterocycles. The van der Waals surface area contributed by atoms with Gasteiger partial charge in [-0.3, -0.25) is 4.79 Å². The molecule has 5 heteroatoms. The minimum absolute atomic E-state index is 0.314. The summed E-state index contributed by atoms with van der Waals surface area (Å²) in [4.78, 5) is 24.3. The molecule has 0 N–H and O–H groups in total. The van der Waals surface area contributed by atoms with E-state index in [0.29, 0.717) is 17.7 Å². The van der Waals surface area contributed by atoms with Crippen molar-refractivity contribution in [1.29, 1.82) is 0 Å². The highest BCUT2D eigenvalue weighted by Gasteiger charge is 2.28. The van der Waals surface area contributed by atoms with Gasteiger partial charge in [0.2, 0.25) is 0 Å². The van der Waals surface area contributed by atoms with Gasteiger partial charge in [-0.25, -0.2) is 4.79 Å². The lowest BCUT2D eigenvalue weighted by Gasteiger charge is -2.21. The second-order valence-corrected chi connectivity index (χ2v) is 7.93. The SMILES string of the molecule is CCC(C)(C)C(=O)Oc1ccc(I)c(C(=O)OC(C)(C)C)c1. The van der Waals surface area contributed by atoms with E-state index in [-0.39, 0.29) is 5.97 Å². The lowest BCUT2D eigenvalue weighted by Crippen LogP contribution is -2.28. The van der Waals surface area contributed by atoms with Crippen molar-refractivity contribution in [3.63, 3.8) is 0 Å². The van der Waals surface area contributed by atoms with Gasteiger partial charge < -0.3 is 9.47 Å². The topological polar surface area (TPSA) is 52.6 Å². The zero-order valence-electron chi connectivity index (χ0n) is 14.0. The van der Waals surface area contributed by atoms with Crippen LogP contribution in [0.4, 0.5) is 0 Å². The van der Waals surface area contributed by atoms with Crippen LogP contribution in [0.3, 0.4) is 0 Å². The fourth-order valence-corrected chi connectivity index (χ4v) is 2.00. The van der Waals surface area contributed by atoms with Crippen molar-refractivity contribution in [2.75, 3.05) is 0 Å². The number of carbonyl (C=O) groups excluding carboxylic acids is 2. The molecule has 0 saturated heterocycles. The van der Waals surface area contributed by atoms with Crippen LogP contribution in [0.5, 0.6) is 5.75 Å². The number of hydrogen-bond donors (Lipinski definition) is 0. The maximum atomic E-state index is 12.2. The molecule has 0 aromatic heterocycles. The molecule has 0 unspecified atom stereocenters. The van der Waals surface area contributed by atoms with E-state index in [4.69, 9.17) is 9.47 Å². The third kappa shape index (κ3) is 5.26. The van der Waals surface area contributed by atoms with Gasteiger partial charge in [0, 0.05) is 3.57 Å². The van der Waals surface area contributed by atoms with E-state index in [1.807, 2.05) is 41.5 Å². The highest BCUT2D eigenvalue weighted by Crippen LogP contribution is 2.26. The van der Waals surface area contributed by atoms with Crippen LogP contribution in [0.1, 0.15) is 58.3 Å². The third-order valence-corrected chi connectivity index (χ3v) is 4.14. The molecular formula is C17H23IO4. The molecule has 0 aliphatic carbocycles. The molecule has 22 heavy (non-hydrogen) atoms. The predicted octanol–water partition coefficient (Wildman–Crippen LogP) is 4.59. The zero-order valence-corrected chi connectivity index (χ0v) is 16.1. The largest absolute Gasteiger partial charge is 0.456 e. The van der Waals surface area contributed by atoms with Gasteiger partial charge in [0.1, 0.15) is 11.4 Å². The van der Waals surface area contributed by atoms with Crippen LogP contribution < -0.4 is 4.74 Å². The number of hydrogen-bond acceptors (Lipinski definition) is 4. The molecule has 0 amide bonds. The van der Waals surface area contributed by atoms with E-state index >= 15 is 0 Å². The first-order chi connectivity index (χ1) is 9.96. The Kier molecular flexibility index (Phi) is 6.01. The molecule has 0 fully saturated rings. The van der Waals surface area contributed by atoms with E-state index in [1.165, 1.54) is 0 Å². The number of halogens is 1. The Hall–Kier alpha value is -1.11. The lowest BCUT2D eigenvalue weighted by atomic mass is 9.91. The molecule has 0 atom stereocenters. The van der Waals surface area contributed by atoms with Gasteiger partial charge in [-0.05, 0) is 81.8 Å². The molecule has 1 rings (SSSR count). The molecule has 0 aliphatic heterocycles. The molecule has 0 spiro atoms. The van der Waals surface area contributed by atoms with Gasteiger partial charge in [0.15, 0.2) is 0 Å². The quantitative estimate of drug-likeness (QED) is 0.408. The van der Waals surface area contributed by atoms with Crippen LogP contribution in [-0.4, -0.2) is 17.5 Å². The van der Waals surface area contributed by atoms with Crippen molar-refractivity contribution in [2.24, 2.45) is 5.41 Å². The maximum Gasteiger partial charge on any atom is 0.339 e. The van der Waals surface area contributed by atoms with Crippen molar-refractivity contribution in [1.82, 2.24) is 0 Å². The second kappa shape index (κ2) is 6.98. The number of benzene rings is 1. The van der Waals surface area contributed by atoms with Gasteiger partial charge in [-0.2, -0.15) is 0 Å². The van der Waals surface area contributed by atoms with Crippen molar-refractivity contribution in [3.8, 4) is 5.75 Å². The summed E-state index contributed by atoms with van der Waals surface area (Å²) in [7, 11) is 0. The molecule has 0 aliphatic rings. The first-order valence-corrected chi connectivity index (χ1v) is 8.29. The standard InChI is InChI=1S/C17H23IO4/c1-7-17(5,6)15(20)21-11-8-9-13(18)12(10-11)14(19)22-16(2,3)4/h8-10H,7H2,1-6H3. The Labute approximate surface area is 145 Å². The average molecular weight is 418 g/mol. The Morgan fingerprint density at radius 1 is 1.14 bits per heavy atom. The van der Waals surface area contributed by atoms with Crippen LogP contribution in [0.25, 0.3) is 0 Å². The van der Waals surface area contributed by atoms with Crippen LogP contribution in [-0.2, 0) is 9.53 Å². The monoisotopic (exact) mass is 418 g/mol. The Bertz CT molecular complexity index is 571. The van der Waals surface area contributed by atoms with Gasteiger partial charge in [0.05, 0.1) is 11.0 Å². The Morgan fingerprint density at radius 2 is 1.73 bits per heavy atom. The van der Waals surface area contributed by atoms with Crippen LogP contribution in [0.15, 0.2) is 18.2 Å². The Balaban J connectivity index is 3.00. The summed E-state index contributed by atoms with van der Waals surface area (Å²) in [5.41, 5.74) is -0.735. The van der Waals surface area contributed by atoms with E-state index in [1.54, 1.807) is 18.2 Å². The molecule has 0 radical (unpaired) electrons. The van der Waals surface area contributed by atoms with Gasteiger partial charge in [-0.15, -0.1) is 0 Å². The number of rotatable bonds is 4. The molecular weight excluding hydrogens is 395 g/mol. The van der Waals surface area contributed by atoms with Crippen molar-refractivity contribution in [2.45, 2.75) is 53.6 Å². The van der Waals surface area contributed by atoms with Crippen molar-refractivity contribution in [3.05, 3.63) is 27.3 Å². The predicted molar refractivity (Wildman–Crippen MR) is 94.0 cm³/mol. The molecule has 0 bridgehead atoms. The van der Waals surface area contributed by atoms with Crippen molar-refractivity contribution < 1.29 is 19.1 Å². The minimum Gasteiger partial charge on any atom is -0.456 e. The fourth-order valence-electron chi connectivity index (χ4n) is 1.45. The van der Waals surface area contributed by atoms with E-state index in [0.717, 1.165) is 3.57 Å². The van der Waals surface area contributed by atoms with Gasteiger partial charge in [0.25, 0.3) is 0 Å². The summed E-state index contributed by atoms with van der Waals surface area (Å²) in [6.07, 6.45) is 0.676. The highest BCUT2D eigenvalue weighted by atomic mass is 127. The second-order valence-electron chi connectivity index (χ2n) is 6.77. The number of ether oxygens (including phenoxy) is 2. The molecule has 4 nitrogen and oxygen atoms in total. The van der Waals surface area contributed by atoms with Gasteiger partial charge in [-0.1, -0.05) is 6.92 Å². The summed E-state index contributed by atoms with van der Waals surface area (Å²) in [5.74, 6) is -0.385. The van der Waals surface area contributed by atoms with E-state index in [9.17, 15) is 9.59 Å². The van der Waals surface area contributed by atoms with E-state index < -0.39 is 17.0 Å². The molecule has 1 aromatic rings. The number of esters is 2. The summed E-state index contributed by atoms with van der Waals surface area (Å²) < 4.78 is 11.5. The normalized spacial score (nSPS) is 12.0. The summed E-state index contributed by atoms with van der Waals surface area (Å²) >= 11 is 2.06. The van der Waals surface area contributed by atoms with E-state index in [2.05, 4.69) is 22.6 Å². The molecule has 122 valence electrons. The smallest absolute Gasteiger partial charge is 0.339 e. The highest BCUT2D eigenvalue weighted by molar-refractivity contribution is 14.1.